The Labute approximate surface area is 152 Å². The summed E-state index contributed by atoms with van der Waals surface area (Å²) in [6.07, 6.45) is 3.55. The SMILES string of the molecule is CCOC(=O)c1c(NC(=O)NC2CCNC2=O)sc(-n2nccn2)c1C. The van der Waals surface area contributed by atoms with Crippen molar-refractivity contribution in [3.8, 4) is 5.00 Å². The molecule has 26 heavy (non-hydrogen) atoms. The van der Waals surface area contributed by atoms with E-state index < -0.39 is 18.0 Å². The van der Waals surface area contributed by atoms with Gasteiger partial charge < -0.3 is 15.4 Å². The number of anilines is 1. The summed E-state index contributed by atoms with van der Waals surface area (Å²) in [6.45, 7) is 4.16. The Bertz CT molecular complexity index is 832. The van der Waals surface area contributed by atoms with Crippen molar-refractivity contribution in [3.05, 3.63) is 23.5 Å². The maximum Gasteiger partial charge on any atom is 0.341 e. The van der Waals surface area contributed by atoms with Crippen molar-refractivity contribution in [3.63, 3.8) is 0 Å². The van der Waals surface area contributed by atoms with E-state index in [4.69, 9.17) is 4.74 Å². The summed E-state index contributed by atoms with van der Waals surface area (Å²) in [7, 11) is 0. The molecule has 11 heteroatoms. The van der Waals surface area contributed by atoms with Gasteiger partial charge in [-0.3, -0.25) is 10.1 Å². The molecule has 0 bridgehead atoms. The van der Waals surface area contributed by atoms with Crippen molar-refractivity contribution in [2.75, 3.05) is 18.5 Å². The first-order chi connectivity index (χ1) is 12.5. The first kappa shape index (κ1) is 17.9. The zero-order valence-electron chi connectivity index (χ0n) is 14.2. The molecular weight excluding hydrogens is 360 g/mol. The second-order valence-corrected chi connectivity index (χ2v) is 6.51. The van der Waals surface area contributed by atoms with Crippen molar-refractivity contribution < 1.29 is 19.1 Å². The number of esters is 1. The van der Waals surface area contributed by atoms with Gasteiger partial charge in [-0.1, -0.05) is 11.3 Å². The molecule has 1 unspecified atom stereocenters. The molecule has 0 spiro atoms. The molecule has 1 aliphatic rings. The molecule has 1 atom stereocenters. The summed E-state index contributed by atoms with van der Waals surface area (Å²) < 4.78 is 5.09. The number of amides is 3. The number of hydrogen-bond donors (Lipinski definition) is 3. The Morgan fingerprint density at radius 1 is 1.42 bits per heavy atom. The molecule has 3 N–H and O–H groups in total. The summed E-state index contributed by atoms with van der Waals surface area (Å²) in [6, 6.07) is -1.16. The third-order valence-corrected chi connectivity index (χ3v) is 4.96. The highest BCUT2D eigenvalue weighted by Crippen LogP contribution is 2.35. The molecule has 2 aromatic heterocycles. The highest BCUT2D eigenvalue weighted by atomic mass is 32.1. The Hall–Kier alpha value is -2.95. The van der Waals surface area contributed by atoms with E-state index >= 15 is 0 Å². The average molecular weight is 378 g/mol. The third kappa shape index (κ3) is 3.52. The minimum atomic E-state index is -0.589. The summed E-state index contributed by atoms with van der Waals surface area (Å²) >= 11 is 1.15. The number of carbonyl (C=O) groups is 3. The fourth-order valence-corrected chi connectivity index (χ4v) is 3.69. The van der Waals surface area contributed by atoms with Crippen LogP contribution in [-0.2, 0) is 9.53 Å². The molecule has 3 amide bonds. The number of urea groups is 1. The first-order valence-corrected chi connectivity index (χ1v) is 8.85. The Morgan fingerprint density at radius 3 is 2.77 bits per heavy atom. The molecule has 0 aliphatic carbocycles. The monoisotopic (exact) mass is 378 g/mol. The van der Waals surface area contributed by atoms with Gasteiger partial charge in [0.25, 0.3) is 0 Å². The number of hydrogen-bond acceptors (Lipinski definition) is 7. The van der Waals surface area contributed by atoms with Crippen LogP contribution in [-0.4, -0.2) is 52.1 Å². The highest BCUT2D eigenvalue weighted by Gasteiger charge is 2.28. The number of ether oxygens (including phenoxy) is 1. The number of aromatic nitrogens is 3. The molecule has 0 aromatic carbocycles. The van der Waals surface area contributed by atoms with Crippen LogP contribution in [0.3, 0.4) is 0 Å². The predicted molar refractivity (Wildman–Crippen MR) is 93.5 cm³/mol. The van der Waals surface area contributed by atoms with E-state index in [1.165, 1.54) is 17.2 Å². The van der Waals surface area contributed by atoms with Crippen molar-refractivity contribution in [1.29, 1.82) is 0 Å². The van der Waals surface area contributed by atoms with Gasteiger partial charge in [0.2, 0.25) is 5.91 Å². The fraction of sp³-hybridized carbons (Fsp3) is 0.400. The van der Waals surface area contributed by atoms with E-state index in [1.807, 2.05) is 0 Å². The van der Waals surface area contributed by atoms with E-state index in [0.717, 1.165) is 11.3 Å². The molecule has 2 aromatic rings. The predicted octanol–water partition coefficient (Wildman–Crippen LogP) is 0.824. The van der Waals surface area contributed by atoms with Gasteiger partial charge in [-0.25, -0.2) is 9.59 Å². The second-order valence-electron chi connectivity index (χ2n) is 5.51. The standard InChI is InChI=1S/C15H18N6O4S/c1-3-25-14(23)10-8(2)13(21-17-6-7-18-21)26-12(10)20-15(24)19-9-4-5-16-11(9)22/h6-7,9H,3-5H2,1-2H3,(H,16,22)(H2,19,20,24). The fourth-order valence-electron chi connectivity index (χ4n) is 2.58. The molecule has 138 valence electrons. The maximum absolute atomic E-state index is 12.3. The van der Waals surface area contributed by atoms with Crippen LogP contribution < -0.4 is 16.0 Å². The number of carbonyl (C=O) groups excluding carboxylic acids is 3. The zero-order chi connectivity index (χ0) is 18.7. The van der Waals surface area contributed by atoms with Crippen LogP contribution in [0.1, 0.15) is 29.3 Å². The van der Waals surface area contributed by atoms with Crippen molar-refractivity contribution in [2.45, 2.75) is 26.3 Å². The third-order valence-electron chi connectivity index (χ3n) is 3.78. The lowest BCUT2D eigenvalue weighted by Crippen LogP contribution is -2.42. The van der Waals surface area contributed by atoms with E-state index in [2.05, 4.69) is 26.1 Å². The smallest absolute Gasteiger partial charge is 0.341 e. The van der Waals surface area contributed by atoms with Gasteiger partial charge in [0.1, 0.15) is 16.0 Å². The van der Waals surface area contributed by atoms with Gasteiger partial charge in [0, 0.05) is 12.1 Å². The molecule has 1 fully saturated rings. The van der Waals surface area contributed by atoms with Crippen LogP contribution >= 0.6 is 11.3 Å². The average Bonchev–Trinajstić information content (AvgIpc) is 3.30. The van der Waals surface area contributed by atoms with Gasteiger partial charge in [-0.05, 0) is 20.3 Å². The minimum absolute atomic E-state index is 0.206. The lowest BCUT2D eigenvalue weighted by molar-refractivity contribution is -0.120. The summed E-state index contributed by atoms with van der Waals surface area (Å²) in [4.78, 5) is 37.6. The molecule has 10 nitrogen and oxygen atoms in total. The topological polar surface area (TPSA) is 127 Å². The number of rotatable bonds is 5. The number of thiophene rings is 1. The van der Waals surface area contributed by atoms with Crippen molar-refractivity contribution in [2.24, 2.45) is 0 Å². The van der Waals surface area contributed by atoms with Gasteiger partial charge >= 0.3 is 12.0 Å². The Kier molecular flexibility index (Phi) is 5.16. The number of nitrogens with zero attached hydrogens (tertiary/aromatic N) is 3. The maximum atomic E-state index is 12.3. The van der Waals surface area contributed by atoms with E-state index in [1.54, 1.807) is 13.8 Å². The molecule has 0 saturated carbocycles. The molecule has 3 heterocycles. The van der Waals surface area contributed by atoms with Gasteiger partial charge in [0.15, 0.2) is 0 Å². The van der Waals surface area contributed by atoms with Crippen LogP contribution in [0.5, 0.6) is 0 Å². The molecule has 1 aliphatic heterocycles. The van der Waals surface area contributed by atoms with Gasteiger partial charge in [-0.2, -0.15) is 10.2 Å². The van der Waals surface area contributed by atoms with Crippen molar-refractivity contribution >= 4 is 34.2 Å². The van der Waals surface area contributed by atoms with Crippen LogP contribution in [0.4, 0.5) is 9.80 Å². The summed E-state index contributed by atoms with van der Waals surface area (Å²) in [5.74, 6) is -0.775. The number of nitrogens with one attached hydrogen (secondary N) is 3. The van der Waals surface area contributed by atoms with Gasteiger partial charge in [0.05, 0.1) is 24.6 Å². The quantitative estimate of drug-likeness (QED) is 0.661. The van der Waals surface area contributed by atoms with Gasteiger partial charge in [-0.15, -0.1) is 4.80 Å². The lowest BCUT2D eigenvalue weighted by Gasteiger charge is -2.11. The summed E-state index contributed by atoms with van der Waals surface area (Å²) in [5.41, 5.74) is 0.841. The van der Waals surface area contributed by atoms with E-state index in [9.17, 15) is 14.4 Å². The molecule has 0 radical (unpaired) electrons. The largest absolute Gasteiger partial charge is 0.462 e. The highest BCUT2D eigenvalue weighted by molar-refractivity contribution is 7.19. The van der Waals surface area contributed by atoms with Crippen LogP contribution in [0.2, 0.25) is 0 Å². The zero-order valence-corrected chi connectivity index (χ0v) is 15.1. The molecular formula is C15H18N6O4S. The Morgan fingerprint density at radius 2 is 2.15 bits per heavy atom. The van der Waals surface area contributed by atoms with Crippen LogP contribution in [0, 0.1) is 6.92 Å². The molecule has 1 saturated heterocycles. The normalized spacial score (nSPS) is 16.2. The van der Waals surface area contributed by atoms with Crippen LogP contribution in [0.25, 0.3) is 5.00 Å². The van der Waals surface area contributed by atoms with E-state index in [-0.39, 0.29) is 18.1 Å². The first-order valence-electron chi connectivity index (χ1n) is 8.03. The van der Waals surface area contributed by atoms with Crippen LogP contribution in [0.15, 0.2) is 12.4 Å². The minimum Gasteiger partial charge on any atom is -0.462 e. The Balaban J connectivity index is 1.86. The summed E-state index contributed by atoms with van der Waals surface area (Å²) in [5, 5.41) is 16.9. The second kappa shape index (κ2) is 7.52. The lowest BCUT2D eigenvalue weighted by atomic mass is 10.2. The molecule has 3 rings (SSSR count). The van der Waals surface area contributed by atoms with E-state index in [0.29, 0.717) is 28.5 Å². The van der Waals surface area contributed by atoms with Crippen molar-refractivity contribution in [1.82, 2.24) is 25.6 Å².